The van der Waals surface area contributed by atoms with Gasteiger partial charge in [-0.15, -0.1) is 11.3 Å². The molecule has 0 fully saturated rings. The van der Waals surface area contributed by atoms with Crippen LogP contribution in [0.3, 0.4) is 0 Å². The van der Waals surface area contributed by atoms with Crippen LogP contribution in [0.1, 0.15) is 10.6 Å². The first-order valence-electron chi connectivity index (χ1n) is 5.40. The first-order chi connectivity index (χ1) is 8.53. The average molecular weight is 285 g/mol. The Hall–Kier alpha value is -1.15. The molecular formula is C11H15N3O2S2. The highest BCUT2D eigenvalue weighted by Gasteiger charge is 2.16. The van der Waals surface area contributed by atoms with E-state index in [0.29, 0.717) is 13.1 Å². The molecule has 0 radical (unpaired) electrons. The number of aryl methyl sites for hydroxylation is 1. The number of hydrogen-bond donors (Lipinski definition) is 2. The van der Waals surface area contributed by atoms with Gasteiger partial charge < -0.3 is 10.3 Å². The summed E-state index contributed by atoms with van der Waals surface area (Å²) < 4.78 is 28.4. The van der Waals surface area contributed by atoms with E-state index in [1.807, 2.05) is 17.5 Å². The number of thiophene rings is 1. The van der Waals surface area contributed by atoms with E-state index in [1.54, 1.807) is 23.9 Å². The van der Waals surface area contributed by atoms with Gasteiger partial charge in [-0.05, 0) is 17.5 Å². The maximum Gasteiger partial charge on any atom is 0.242 e. The van der Waals surface area contributed by atoms with Gasteiger partial charge in [-0.3, -0.25) is 0 Å². The van der Waals surface area contributed by atoms with E-state index < -0.39 is 10.0 Å². The predicted octanol–water partition coefficient (Wildman–Crippen LogP) is 1.02. The molecule has 7 heteroatoms. The monoisotopic (exact) mass is 285 g/mol. The minimum absolute atomic E-state index is 0.252. The second-order valence-electron chi connectivity index (χ2n) is 3.89. The van der Waals surface area contributed by atoms with Gasteiger partial charge in [-0.1, -0.05) is 6.07 Å². The summed E-state index contributed by atoms with van der Waals surface area (Å²) in [5, 5.41) is 1.92. The molecule has 2 aromatic heterocycles. The molecule has 0 atom stereocenters. The van der Waals surface area contributed by atoms with E-state index in [1.165, 1.54) is 11.3 Å². The van der Waals surface area contributed by atoms with Gasteiger partial charge in [0.2, 0.25) is 10.0 Å². The molecule has 0 bridgehead atoms. The highest BCUT2D eigenvalue weighted by molar-refractivity contribution is 7.89. The Morgan fingerprint density at radius 1 is 1.50 bits per heavy atom. The van der Waals surface area contributed by atoms with Gasteiger partial charge in [0, 0.05) is 36.9 Å². The van der Waals surface area contributed by atoms with Crippen LogP contribution in [-0.2, 0) is 30.2 Å². The quantitative estimate of drug-likeness (QED) is 0.861. The molecule has 0 aliphatic carbocycles. The topological polar surface area (TPSA) is 77.1 Å². The van der Waals surface area contributed by atoms with Gasteiger partial charge in [-0.25, -0.2) is 13.1 Å². The largest absolute Gasteiger partial charge is 0.352 e. The summed E-state index contributed by atoms with van der Waals surface area (Å²) in [5.74, 6) is 0. The summed E-state index contributed by atoms with van der Waals surface area (Å²) in [5.41, 5.74) is 6.31. The maximum absolute atomic E-state index is 12.0. The van der Waals surface area contributed by atoms with E-state index in [9.17, 15) is 8.42 Å². The van der Waals surface area contributed by atoms with Gasteiger partial charge in [0.1, 0.15) is 0 Å². The molecule has 98 valence electrons. The van der Waals surface area contributed by atoms with Crippen molar-refractivity contribution < 1.29 is 8.42 Å². The molecule has 3 N–H and O–H groups in total. The molecule has 2 rings (SSSR count). The van der Waals surface area contributed by atoms with Crippen molar-refractivity contribution in [1.29, 1.82) is 0 Å². The van der Waals surface area contributed by atoms with Gasteiger partial charge in [0.15, 0.2) is 0 Å². The van der Waals surface area contributed by atoms with E-state index in [4.69, 9.17) is 5.73 Å². The van der Waals surface area contributed by atoms with Gasteiger partial charge >= 0.3 is 0 Å². The van der Waals surface area contributed by atoms with Crippen LogP contribution in [0.5, 0.6) is 0 Å². The number of hydrogen-bond acceptors (Lipinski definition) is 4. The van der Waals surface area contributed by atoms with Crippen molar-refractivity contribution in [1.82, 2.24) is 9.29 Å². The maximum atomic E-state index is 12.0. The van der Waals surface area contributed by atoms with Gasteiger partial charge in [-0.2, -0.15) is 0 Å². The molecule has 5 nitrogen and oxygen atoms in total. The second kappa shape index (κ2) is 5.23. The number of sulfonamides is 1. The van der Waals surface area contributed by atoms with Crippen LogP contribution in [0.25, 0.3) is 0 Å². The zero-order chi connectivity index (χ0) is 13.2. The molecule has 18 heavy (non-hydrogen) atoms. The molecule has 0 saturated heterocycles. The van der Waals surface area contributed by atoms with Crippen molar-refractivity contribution in [3.8, 4) is 0 Å². The Balaban J connectivity index is 2.14. The third kappa shape index (κ3) is 2.81. The fourth-order valence-electron chi connectivity index (χ4n) is 1.59. The fourth-order valence-corrected chi connectivity index (χ4v) is 3.43. The molecular weight excluding hydrogens is 270 g/mol. The Bertz CT molecular complexity index is 615. The van der Waals surface area contributed by atoms with Crippen molar-refractivity contribution in [3.63, 3.8) is 0 Å². The van der Waals surface area contributed by atoms with Crippen LogP contribution in [0.2, 0.25) is 0 Å². The Labute approximate surface area is 110 Å². The van der Waals surface area contributed by atoms with Gasteiger partial charge in [0.25, 0.3) is 0 Å². The van der Waals surface area contributed by atoms with Crippen LogP contribution >= 0.6 is 11.3 Å². The molecule has 0 aliphatic rings. The van der Waals surface area contributed by atoms with Crippen LogP contribution in [-0.4, -0.2) is 13.0 Å². The van der Waals surface area contributed by atoms with Gasteiger partial charge in [0.05, 0.1) is 4.90 Å². The number of aromatic nitrogens is 1. The van der Waals surface area contributed by atoms with Crippen LogP contribution in [0.4, 0.5) is 0 Å². The van der Waals surface area contributed by atoms with E-state index >= 15 is 0 Å². The molecule has 0 aromatic carbocycles. The molecule has 2 aromatic rings. The lowest BCUT2D eigenvalue weighted by atomic mass is 10.4. The van der Waals surface area contributed by atoms with Crippen LogP contribution in [0, 0.1) is 0 Å². The first-order valence-corrected chi connectivity index (χ1v) is 7.76. The lowest BCUT2D eigenvalue weighted by molar-refractivity contribution is 0.581. The van der Waals surface area contributed by atoms with E-state index in [2.05, 4.69) is 4.72 Å². The van der Waals surface area contributed by atoms with Crippen molar-refractivity contribution in [3.05, 3.63) is 40.3 Å². The molecule has 0 amide bonds. The smallest absolute Gasteiger partial charge is 0.242 e. The van der Waals surface area contributed by atoms with E-state index in [-0.39, 0.29) is 4.90 Å². The number of rotatable bonds is 5. The second-order valence-corrected chi connectivity index (χ2v) is 6.69. The molecule has 0 spiro atoms. The standard InChI is InChI=1S/C11H15N3O2S2/c1-14-8-11(5-9(14)6-12)18(15,16)13-7-10-3-2-4-17-10/h2-5,8,13H,6-7,12H2,1H3. The highest BCUT2D eigenvalue weighted by atomic mass is 32.2. The summed E-state index contributed by atoms with van der Waals surface area (Å²) in [6.07, 6.45) is 1.57. The molecule has 0 unspecified atom stereocenters. The summed E-state index contributed by atoms with van der Waals surface area (Å²) in [6, 6.07) is 5.38. The average Bonchev–Trinajstić information content (AvgIpc) is 2.95. The lowest BCUT2D eigenvalue weighted by Gasteiger charge is -2.02. The lowest BCUT2D eigenvalue weighted by Crippen LogP contribution is -2.22. The molecule has 0 aliphatic heterocycles. The zero-order valence-corrected chi connectivity index (χ0v) is 11.6. The number of nitrogens with one attached hydrogen (secondary N) is 1. The van der Waals surface area contributed by atoms with Crippen molar-refractivity contribution in [2.45, 2.75) is 18.0 Å². The van der Waals surface area contributed by atoms with E-state index in [0.717, 1.165) is 10.6 Å². The highest BCUT2D eigenvalue weighted by Crippen LogP contribution is 2.14. The minimum Gasteiger partial charge on any atom is -0.352 e. The minimum atomic E-state index is -3.47. The summed E-state index contributed by atoms with van der Waals surface area (Å²) >= 11 is 1.52. The first kappa shape index (κ1) is 13.3. The van der Waals surface area contributed by atoms with Crippen molar-refractivity contribution in [2.75, 3.05) is 0 Å². The Morgan fingerprint density at radius 2 is 2.28 bits per heavy atom. The Kier molecular flexibility index (Phi) is 3.86. The third-order valence-corrected chi connectivity index (χ3v) is 4.86. The fraction of sp³-hybridized carbons (Fsp3) is 0.273. The summed E-state index contributed by atoms with van der Waals surface area (Å²) in [4.78, 5) is 1.23. The normalized spacial score (nSPS) is 11.9. The van der Waals surface area contributed by atoms with Crippen molar-refractivity contribution in [2.24, 2.45) is 12.8 Å². The van der Waals surface area contributed by atoms with Crippen LogP contribution < -0.4 is 10.5 Å². The van der Waals surface area contributed by atoms with Crippen molar-refractivity contribution >= 4 is 21.4 Å². The molecule has 0 saturated carbocycles. The predicted molar refractivity (Wildman–Crippen MR) is 71.6 cm³/mol. The summed E-state index contributed by atoms with van der Waals surface area (Å²) in [7, 11) is -1.69. The Morgan fingerprint density at radius 3 is 2.83 bits per heavy atom. The number of nitrogens with zero attached hydrogens (tertiary/aromatic N) is 1. The SMILES string of the molecule is Cn1cc(S(=O)(=O)NCc2cccs2)cc1CN. The zero-order valence-electron chi connectivity index (χ0n) is 9.96. The summed E-state index contributed by atoms with van der Waals surface area (Å²) in [6.45, 7) is 0.629. The van der Waals surface area contributed by atoms with Crippen LogP contribution in [0.15, 0.2) is 34.7 Å². The number of nitrogens with two attached hydrogens (primary N) is 1. The third-order valence-electron chi connectivity index (χ3n) is 2.62. The molecule has 2 heterocycles.